The number of rotatable bonds is 12. The zero-order chi connectivity index (χ0) is 54.7. The first kappa shape index (κ1) is 53.7. The number of aryl methyl sites for hydroxylation is 6. The van der Waals surface area contributed by atoms with Gasteiger partial charge in [0.1, 0.15) is 19.6 Å². The van der Waals surface area contributed by atoms with Gasteiger partial charge in [0.25, 0.3) is 16.7 Å². The molecule has 1 unspecified atom stereocenters. The number of anilines is 1. The lowest BCUT2D eigenvalue weighted by molar-refractivity contribution is -0.122. The smallest absolute Gasteiger partial charge is 0.332 e. The van der Waals surface area contributed by atoms with Gasteiger partial charge in [0.15, 0.2) is 45.0 Å². The summed E-state index contributed by atoms with van der Waals surface area (Å²) >= 11 is 0. The monoisotopic (exact) mass is 1030 g/mol. The summed E-state index contributed by atoms with van der Waals surface area (Å²) < 4.78 is 21.8. The highest BCUT2D eigenvalue weighted by atomic mass is 16.7. The molecule has 75 heavy (non-hydrogen) atoms. The third kappa shape index (κ3) is 11.0. The molecule has 396 valence electrons. The molecule has 26 nitrogen and oxygen atoms in total. The minimum Gasteiger partial charge on any atom is -0.454 e. The standard InChI is InChI=1S/C18H21N5O3.C17H17N5O5.C14H21N5O3/c1-10-6-11(2)14(12(3)7-10)20-13(24)8-23-9-19-16-15(23)17(25)22(5)18(26)21(16)4;1-20-15-14(16(24)21(2)17(20)25)22(8-19-15)7-13(23)18-6-10-3-4-11-12(5-10)27-9-26-11;1-5-6-9(2)16-10(20)7-19-8-15-12-11(19)13(21)18(4)14(22)17(12)3/h6-7,9H,8H2,1-5H3,(H,20,24);3-5,8H,6-7,9H2,1-2H3,(H,18,23);8-9H,5-7H2,1-4H3,(H,16,20). The molecule has 0 spiro atoms. The van der Waals surface area contributed by atoms with Crippen molar-refractivity contribution >= 4 is 56.9 Å². The SMILES string of the molecule is CCCC(C)NC(=O)Cn1cnc2c1c(=O)n(C)c(=O)n2C.Cc1cc(C)c(NC(=O)Cn2cnc3c2c(=O)n(C)c(=O)n3C)c(C)c1.Cn1c(=O)c2c(ncn2CC(=O)NCc2ccc3c(c2)OCO3)n(C)c1=O. The zero-order valence-corrected chi connectivity index (χ0v) is 43.5. The van der Waals surface area contributed by atoms with Gasteiger partial charge in [-0.1, -0.05) is 37.1 Å². The Bertz CT molecular complexity index is 3910. The molecule has 0 radical (unpaired) electrons. The fourth-order valence-electron chi connectivity index (χ4n) is 8.70. The van der Waals surface area contributed by atoms with Gasteiger partial charge in [-0.05, 0) is 62.9 Å². The first-order chi connectivity index (χ1) is 35.5. The predicted octanol–water partition coefficient (Wildman–Crippen LogP) is 0.215. The van der Waals surface area contributed by atoms with E-state index in [1.807, 2.05) is 45.9 Å². The van der Waals surface area contributed by atoms with Crippen molar-refractivity contribution in [2.45, 2.75) is 79.7 Å². The summed E-state index contributed by atoms with van der Waals surface area (Å²) in [7, 11) is 8.82. The van der Waals surface area contributed by atoms with Crippen molar-refractivity contribution in [1.82, 2.24) is 66.7 Å². The molecule has 0 bridgehead atoms. The molecule has 6 aromatic heterocycles. The van der Waals surface area contributed by atoms with Crippen LogP contribution in [-0.2, 0) is 82.8 Å². The Morgan fingerprint density at radius 3 is 1.47 bits per heavy atom. The van der Waals surface area contributed by atoms with Gasteiger partial charge < -0.3 is 39.1 Å². The first-order valence-corrected chi connectivity index (χ1v) is 23.7. The van der Waals surface area contributed by atoms with Gasteiger partial charge in [-0.3, -0.25) is 56.2 Å². The van der Waals surface area contributed by atoms with E-state index in [4.69, 9.17) is 9.47 Å². The molecule has 0 aliphatic carbocycles. The third-order valence-electron chi connectivity index (χ3n) is 12.6. The van der Waals surface area contributed by atoms with Crippen LogP contribution in [0.1, 0.15) is 48.9 Å². The number of benzene rings is 2. The maximum Gasteiger partial charge on any atom is 0.332 e. The van der Waals surface area contributed by atoms with E-state index in [1.165, 1.54) is 74.6 Å². The normalized spacial score (nSPS) is 12.0. The van der Waals surface area contributed by atoms with Gasteiger partial charge in [0.05, 0.1) is 19.0 Å². The molecule has 9 rings (SSSR count). The van der Waals surface area contributed by atoms with Crippen molar-refractivity contribution in [2.24, 2.45) is 42.3 Å². The van der Waals surface area contributed by atoms with Crippen LogP contribution in [0.3, 0.4) is 0 Å². The van der Waals surface area contributed by atoms with Crippen LogP contribution in [0.4, 0.5) is 5.69 Å². The summed E-state index contributed by atoms with van der Waals surface area (Å²) in [5.74, 6) is 0.581. The molecule has 2 aromatic carbocycles. The van der Waals surface area contributed by atoms with E-state index >= 15 is 0 Å². The maximum atomic E-state index is 12.5. The van der Waals surface area contributed by atoms with E-state index < -0.39 is 33.7 Å². The summed E-state index contributed by atoms with van der Waals surface area (Å²) in [5, 5.41) is 8.57. The summed E-state index contributed by atoms with van der Waals surface area (Å²) in [5.41, 5.74) is 3.39. The number of hydrogen-bond donors (Lipinski definition) is 3. The summed E-state index contributed by atoms with van der Waals surface area (Å²) in [6.45, 7) is 10.2. The molecule has 1 atom stereocenters. The molecule has 0 fully saturated rings. The van der Waals surface area contributed by atoms with Crippen LogP contribution in [0.5, 0.6) is 11.5 Å². The fourth-order valence-corrected chi connectivity index (χ4v) is 8.70. The zero-order valence-electron chi connectivity index (χ0n) is 43.5. The van der Waals surface area contributed by atoms with Gasteiger partial charge in [-0.25, -0.2) is 29.3 Å². The van der Waals surface area contributed by atoms with Crippen LogP contribution in [0.25, 0.3) is 33.5 Å². The number of nitrogens with zero attached hydrogens (tertiary/aromatic N) is 12. The Morgan fingerprint density at radius 1 is 0.587 bits per heavy atom. The van der Waals surface area contributed by atoms with Crippen molar-refractivity contribution in [3.05, 3.63) is 134 Å². The second kappa shape index (κ2) is 21.9. The molecule has 8 aromatic rings. The number of hydrogen-bond acceptors (Lipinski definition) is 14. The Kier molecular flexibility index (Phi) is 15.7. The molecule has 7 heterocycles. The van der Waals surface area contributed by atoms with Gasteiger partial charge in [0, 0.05) is 60.6 Å². The quantitative estimate of drug-likeness (QED) is 0.148. The molecule has 3 amide bonds. The van der Waals surface area contributed by atoms with Crippen molar-refractivity contribution < 1.29 is 23.9 Å². The second-order valence-electron chi connectivity index (χ2n) is 18.3. The van der Waals surface area contributed by atoms with Crippen molar-refractivity contribution in [2.75, 3.05) is 12.1 Å². The fraction of sp³-hybridized carbons (Fsp3) is 0.388. The Labute approximate surface area is 426 Å². The van der Waals surface area contributed by atoms with Crippen molar-refractivity contribution in [1.29, 1.82) is 0 Å². The van der Waals surface area contributed by atoms with E-state index in [0.717, 1.165) is 54.5 Å². The van der Waals surface area contributed by atoms with Gasteiger partial charge in [-0.15, -0.1) is 0 Å². The number of aromatic nitrogens is 12. The topological polar surface area (TPSA) is 291 Å². The third-order valence-corrected chi connectivity index (χ3v) is 12.6. The Morgan fingerprint density at radius 2 is 1.01 bits per heavy atom. The molecule has 26 heteroatoms. The number of fused-ring (bicyclic) bond motifs is 4. The molecular formula is C49H59N15O11. The van der Waals surface area contributed by atoms with Gasteiger partial charge in [-0.2, -0.15) is 0 Å². The van der Waals surface area contributed by atoms with Crippen LogP contribution in [0, 0.1) is 20.8 Å². The lowest BCUT2D eigenvalue weighted by Crippen LogP contribution is -2.38. The molecule has 3 N–H and O–H groups in total. The number of imidazole rings is 3. The summed E-state index contributed by atoms with van der Waals surface area (Å²) in [4.78, 5) is 122. The van der Waals surface area contributed by atoms with Crippen molar-refractivity contribution in [3.8, 4) is 11.5 Å². The van der Waals surface area contributed by atoms with Crippen LogP contribution in [0.2, 0.25) is 0 Å². The lowest BCUT2D eigenvalue weighted by atomic mass is 10.1. The Hall–Kier alpha value is -9.10. The molecule has 1 aliphatic heterocycles. The number of carbonyl (C=O) groups excluding carboxylic acids is 3. The highest BCUT2D eigenvalue weighted by Gasteiger charge is 2.20. The minimum absolute atomic E-state index is 0.00199. The van der Waals surface area contributed by atoms with Crippen LogP contribution in [0.15, 0.2) is 78.1 Å². The molecule has 0 saturated heterocycles. The molecular weight excluding hydrogens is 975 g/mol. The largest absolute Gasteiger partial charge is 0.454 e. The van der Waals surface area contributed by atoms with Crippen LogP contribution >= 0.6 is 0 Å². The van der Waals surface area contributed by atoms with E-state index in [-0.39, 0.29) is 83.7 Å². The van der Waals surface area contributed by atoms with Crippen molar-refractivity contribution in [3.63, 3.8) is 0 Å². The highest BCUT2D eigenvalue weighted by molar-refractivity contribution is 5.93. The average Bonchev–Trinajstić information content (AvgIpc) is 4.20. The van der Waals surface area contributed by atoms with Crippen LogP contribution in [-0.4, -0.2) is 86.6 Å². The Balaban J connectivity index is 0.000000165. The summed E-state index contributed by atoms with van der Waals surface area (Å²) in [6, 6.07) is 9.52. The average molecular weight is 1030 g/mol. The lowest BCUT2D eigenvalue weighted by Gasteiger charge is -2.13. The van der Waals surface area contributed by atoms with E-state index in [2.05, 4.69) is 37.8 Å². The van der Waals surface area contributed by atoms with Gasteiger partial charge >= 0.3 is 17.1 Å². The number of carbonyl (C=O) groups is 3. The molecule has 0 saturated carbocycles. The second-order valence-corrected chi connectivity index (χ2v) is 18.3. The van der Waals surface area contributed by atoms with E-state index in [9.17, 15) is 43.2 Å². The highest BCUT2D eigenvalue weighted by Crippen LogP contribution is 2.32. The number of nitrogens with one attached hydrogen (secondary N) is 3. The first-order valence-electron chi connectivity index (χ1n) is 23.7. The van der Waals surface area contributed by atoms with E-state index in [1.54, 1.807) is 26.2 Å². The number of amides is 3. The predicted molar refractivity (Wildman–Crippen MR) is 277 cm³/mol. The number of ether oxygens (including phenoxy) is 2. The maximum absolute atomic E-state index is 12.5. The van der Waals surface area contributed by atoms with Gasteiger partial charge in [0.2, 0.25) is 24.5 Å². The van der Waals surface area contributed by atoms with Crippen LogP contribution < -0.4 is 59.2 Å². The summed E-state index contributed by atoms with van der Waals surface area (Å²) in [6.07, 6.45) is 6.08. The minimum atomic E-state index is -0.492. The molecule has 1 aliphatic rings. The van der Waals surface area contributed by atoms with E-state index in [0.29, 0.717) is 18.0 Å².